The standard InChI is InChI=1S/C35H30ClN3O4S2/c1-21(2)17-18-43-27-11-6-9-24(19-27)30-29(31(40)23-13-15-26(36)16-14-23)32(41)33(42)39(30)34-37-38-35(45-34)44-20-25-10-5-8-22-7-3-4-12-28(22)25/h3-16,19,21,30,40H,17-18,20H2,1-2H3/b31-29+. The number of thioether (sulfide) groups is 1. The van der Waals surface area contributed by atoms with Crippen LogP contribution in [0.5, 0.6) is 5.75 Å². The monoisotopic (exact) mass is 655 g/mol. The Bertz CT molecular complexity index is 1900. The number of ether oxygens (including phenoxy) is 1. The second-order valence-corrected chi connectivity index (χ2v) is 13.7. The predicted molar refractivity (Wildman–Crippen MR) is 181 cm³/mol. The summed E-state index contributed by atoms with van der Waals surface area (Å²) in [6.45, 7) is 4.78. The third-order valence-corrected chi connectivity index (χ3v) is 9.89. The summed E-state index contributed by atoms with van der Waals surface area (Å²) in [6.07, 6.45) is 0.878. The number of carbonyl (C=O) groups is 2. The normalized spacial score (nSPS) is 16.2. The van der Waals surface area contributed by atoms with Crippen molar-refractivity contribution in [3.63, 3.8) is 0 Å². The van der Waals surface area contributed by atoms with E-state index in [0.717, 1.165) is 17.4 Å². The number of hydrogen-bond acceptors (Lipinski definition) is 8. The van der Waals surface area contributed by atoms with Crippen molar-refractivity contribution in [1.29, 1.82) is 0 Å². The Labute approximate surface area is 274 Å². The number of halogens is 1. The van der Waals surface area contributed by atoms with Crippen LogP contribution in [-0.2, 0) is 15.3 Å². The molecule has 1 amide bonds. The van der Waals surface area contributed by atoms with Crippen molar-refractivity contribution < 1.29 is 19.4 Å². The predicted octanol–water partition coefficient (Wildman–Crippen LogP) is 8.69. The first-order valence-electron chi connectivity index (χ1n) is 14.5. The Hall–Kier alpha value is -4.18. The highest BCUT2D eigenvalue weighted by Gasteiger charge is 2.48. The number of anilines is 1. The Morgan fingerprint density at radius 3 is 2.56 bits per heavy atom. The number of carbonyl (C=O) groups excluding carboxylic acids is 2. The van der Waals surface area contributed by atoms with Gasteiger partial charge in [-0.2, -0.15) is 0 Å². The van der Waals surface area contributed by atoms with Crippen molar-refractivity contribution in [3.8, 4) is 5.75 Å². The molecule has 0 radical (unpaired) electrons. The van der Waals surface area contributed by atoms with Gasteiger partial charge in [-0.25, -0.2) is 0 Å². The highest BCUT2D eigenvalue weighted by Crippen LogP contribution is 2.45. The Morgan fingerprint density at radius 1 is 1.00 bits per heavy atom. The molecule has 45 heavy (non-hydrogen) atoms. The number of aliphatic hydroxyl groups is 1. The molecule has 1 N–H and O–H groups in total. The smallest absolute Gasteiger partial charge is 0.301 e. The van der Waals surface area contributed by atoms with Gasteiger partial charge in [-0.3, -0.25) is 14.5 Å². The fourth-order valence-corrected chi connectivity index (χ4v) is 7.21. The van der Waals surface area contributed by atoms with Gasteiger partial charge in [0.05, 0.1) is 18.2 Å². The number of Topliss-reactive ketones (excluding diaryl/α,β-unsaturated/α-hetero) is 1. The number of nitrogens with zero attached hydrogens (tertiary/aromatic N) is 3. The van der Waals surface area contributed by atoms with Crippen molar-refractivity contribution in [2.75, 3.05) is 11.5 Å². The molecule has 7 nitrogen and oxygen atoms in total. The Morgan fingerprint density at radius 2 is 1.76 bits per heavy atom. The lowest BCUT2D eigenvalue weighted by molar-refractivity contribution is -0.132. The van der Waals surface area contributed by atoms with E-state index in [1.165, 1.54) is 33.4 Å². The average Bonchev–Trinajstić information content (AvgIpc) is 3.61. The van der Waals surface area contributed by atoms with E-state index in [9.17, 15) is 14.7 Å². The topological polar surface area (TPSA) is 92.6 Å². The van der Waals surface area contributed by atoms with Crippen LogP contribution in [0.4, 0.5) is 5.13 Å². The van der Waals surface area contributed by atoms with Crippen LogP contribution in [0.15, 0.2) is 101 Å². The van der Waals surface area contributed by atoms with Gasteiger partial charge in [0.2, 0.25) is 5.13 Å². The zero-order valence-corrected chi connectivity index (χ0v) is 27.0. The van der Waals surface area contributed by atoms with Gasteiger partial charge in [0.15, 0.2) is 4.34 Å². The number of hydrogen-bond donors (Lipinski definition) is 1. The zero-order chi connectivity index (χ0) is 31.5. The van der Waals surface area contributed by atoms with Crippen molar-refractivity contribution in [2.45, 2.75) is 36.4 Å². The molecule has 1 aliphatic rings. The summed E-state index contributed by atoms with van der Waals surface area (Å²) in [5.41, 5.74) is 2.09. The van der Waals surface area contributed by atoms with E-state index in [2.05, 4.69) is 48.3 Å². The molecule has 5 aromatic rings. The molecule has 1 aromatic heterocycles. The van der Waals surface area contributed by atoms with Crippen LogP contribution in [-0.4, -0.2) is 33.6 Å². The molecular formula is C35H30ClN3O4S2. The van der Waals surface area contributed by atoms with Crippen LogP contribution < -0.4 is 9.64 Å². The van der Waals surface area contributed by atoms with E-state index in [0.29, 0.717) is 44.5 Å². The molecule has 10 heteroatoms. The average molecular weight is 656 g/mol. The van der Waals surface area contributed by atoms with E-state index in [1.807, 2.05) is 36.4 Å². The second kappa shape index (κ2) is 13.4. The molecule has 1 aliphatic heterocycles. The zero-order valence-electron chi connectivity index (χ0n) is 24.6. The molecule has 1 fully saturated rings. The van der Waals surface area contributed by atoms with Gasteiger partial charge in [0.1, 0.15) is 11.5 Å². The van der Waals surface area contributed by atoms with E-state index < -0.39 is 17.7 Å². The summed E-state index contributed by atoms with van der Waals surface area (Å²) >= 11 is 8.82. The lowest BCUT2D eigenvalue weighted by Crippen LogP contribution is -2.29. The minimum Gasteiger partial charge on any atom is -0.507 e. The van der Waals surface area contributed by atoms with Crippen LogP contribution in [0.3, 0.4) is 0 Å². The maximum Gasteiger partial charge on any atom is 0.301 e. The third kappa shape index (κ3) is 6.61. The van der Waals surface area contributed by atoms with Gasteiger partial charge in [-0.15, -0.1) is 10.2 Å². The highest BCUT2D eigenvalue weighted by molar-refractivity contribution is 8.00. The molecule has 1 saturated heterocycles. The van der Waals surface area contributed by atoms with E-state index in [1.54, 1.807) is 30.3 Å². The molecule has 0 spiro atoms. The summed E-state index contributed by atoms with van der Waals surface area (Å²) in [5.74, 6) is -0.149. The van der Waals surface area contributed by atoms with Crippen molar-refractivity contribution in [3.05, 3.63) is 118 Å². The molecule has 0 aliphatic carbocycles. The van der Waals surface area contributed by atoms with Gasteiger partial charge in [-0.1, -0.05) is 103 Å². The van der Waals surface area contributed by atoms with Gasteiger partial charge in [-0.05, 0) is 70.6 Å². The number of aromatic nitrogens is 2. The summed E-state index contributed by atoms with van der Waals surface area (Å²) in [7, 11) is 0. The Kier molecular flexibility index (Phi) is 9.21. The molecule has 1 atom stereocenters. The highest BCUT2D eigenvalue weighted by atomic mass is 35.5. The van der Waals surface area contributed by atoms with Crippen LogP contribution >= 0.6 is 34.7 Å². The lowest BCUT2D eigenvalue weighted by Gasteiger charge is -2.23. The fraction of sp³-hybridized carbons (Fsp3) is 0.200. The van der Waals surface area contributed by atoms with E-state index in [-0.39, 0.29) is 16.5 Å². The molecule has 6 rings (SSSR count). The Balaban J connectivity index is 1.36. The van der Waals surface area contributed by atoms with Crippen LogP contribution in [0.1, 0.15) is 43.0 Å². The molecule has 2 heterocycles. The summed E-state index contributed by atoms with van der Waals surface area (Å²) in [4.78, 5) is 28.6. The molecule has 4 aromatic carbocycles. The van der Waals surface area contributed by atoms with Crippen LogP contribution in [0.25, 0.3) is 16.5 Å². The van der Waals surface area contributed by atoms with E-state index in [4.69, 9.17) is 16.3 Å². The number of ketones is 1. The minimum atomic E-state index is -0.946. The molecule has 228 valence electrons. The first-order chi connectivity index (χ1) is 21.8. The maximum atomic E-state index is 13.7. The fourth-order valence-electron chi connectivity index (χ4n) is 5.21. The molecular weight excluding hydrogens is 626 g/mol. The van der Waals surface area contributed by atoms with Crippen LogP contribution in [0, 0.1) is 5.92 Å². The first-order valence-corrected chi connectivity index (χ1v) is 16.7. The van der Waals surface area contributed by atoms with Gasteiger partial charge in [0, 0.05) is 16.3 Å². The maximum absolute atomic E-state index is 13.7. The molecule has 0 saturated carbocycles. The summed E-state index contributed by atoms with van der Waals surface area (Å²) in [6, 6.07) is 27.2. The van der Waals surface area contributed by atoms with Crippen LogP contribution in [0.2, 0.25) is 5.02 Å². The quantitative estimate of drug-likeness (QED) is 0.0529. The van der Waals surface area contributed by atoms with Gasteiger partial charge in [0.25, 0.3) is 5.78 Å². The number of fused-ring (bicyclic) bond motifs is 1. The lowest BCUT2D eigenvalue weighted by atomic mass is 9.95. The van der Waals surface area contributed by atoms with Crippen molar-refractivity contribution in [1.82, 2.24) is 10.2 Å². The summed E-state index contributed by atoms with van der Waals surface area (Å²) in [5, 5.41) is 23.2. The SMILES string of the molecule is CC(C)CCOc1cccc(C2/C(=C(\O)c3ccc(Cl)cc3)C(=O)C(=O)N2c2nnc(SCc3cccc4ccccc34)s2)c1. The van der Waals surface area contributed by atoms with Gasteiger partial charge < -0.3 is 9.84 Å². The van der Waals surface area contributed by atoms with E-state index >= 15 is 0 Å². The summed E-state index contributed by atoms with van der Waals surface area (Å²) < 4.78 is 6.66. The molecule has 0 bridgehead atoms. The first kappa shape index (κ1) is 30.8. The third-order valence-electron chi connectivity index (χ3n) is 7.53. The van der Waals surface area contributed by atoms with Gasteiger partial charge >= 0.3 is 5.91 Å². The van der Waals surface area contributed by atoms with Crippen molar-refractivity contribution in [2.24, 2.45) is 5.92 Å². The largest absolute Gasteiger partial charge is 0.507 e. The number of benzene rings is 4. The second-order valence-electron chi connectivity index (χ2n) is 11.1. The number of amides is 1. The number of aliphatic hydroxyl groups excluding tert-OH is 1. The minimum absolute atomic E-state index is 0.0400. The van der Waals surface area contributed by atoms with Crippen molar-refractivity contribution >= 4 is 68.1 Å². The molecule has 1 unspecified atom stereocenters. The number of rotatable bonds is 10.